The number of para-hydroxylation sites is 2. The van der Waals surface area contributed by atoms with E-state index in [-0.39, 0.29) is 5.97 Å². The average molecular weight is 308 g/mol. The predicted octanol–water partition coefficient (Wildman–Crippen LogP) is 4.37. The van der Waals surface area contributed by atoms with Gasteiger partial charge in [-0.15, -0.1) is 0 Å². The minimum absolute atomic E-state index is 0.243. The van der Waals surface area contributed by atoms with Gasteiger partial charge in [0.2, 0.25) is 0 Å². The highest BCUT2D eigenvalue weighted by Crippen LogP contribution is 2.19. The van der Waals surface area contributed by atoms with E-state index in [1.165, 1.54) is 10.9 Å². The molecule has 0 fully saturated rings. The second-order valence-corrected chi connectivity index (χ2v) is 5.60. The number of H-pyrrole nitrogens is 1. The van der Waals surface area contributed by atoms with Gasteiger partial charge in [0.05, 0.1) is 5.69 Å². The first-order chi connectivity index (χ1) is 11.2. The number of aryl methyl sites for hydroxylation is 2. The smallest absolute Gasteiger partial charge is 0.332 e. The molecule has 0 saturated heterocycles. The Bertz CT molecular complexity index is 808. The standard InChI is InChI=1S/C19H20N2O2/c1-14-7-2-4-10-17(14)21-23-19(22)12-6-8-15-13-20-18-11-5-3-9-16(15)18/h2-5,7,9-11,13,20-21H,6,8,12H2,1H3. The summed E-state index contributed by atoms with van der Waals surface area (Å²) in [4.78, 5) is 20.2. The number of aromatic nitrogens is 1. The van der Waals surface area contributed by atoms with Gasteiger partial charge in [-0.2, -0.15) is 0 Å². The maximum absolute atomic E-state index is 11.8. The van der Waals surface area contributed by atoms with Crippen LogP contribution in [-0.2, 0) is 16.1 Å². The summed E-state index contributed by atoms with van der Waals surface area (Å²) in [6.45, 7) is 1.97. The normalized spacial score (nSPS) is 10.7. The van der Waals surface area contributed by atoms with Gasteiger partial charge >= 0.3 is 5.97 Å². The monoisotopic (exact) mass is 308 g/mol. The van der Waals surface area contributed by atoms with Crippen LogP contribution in [0.5, 0.6) is 0 Å². The first kappa shape index (κ1) is 15.2. The number of carbonyl (C=O) groups is 1. The molecule has 2 aromatic carbocycles. The third-order valence-corrected chi connectivity index (χ3v) is 3.92. The molecule has 0 bridgehead atoms. The Morgan fingerprint density at radius 2 is 1.91 bits per heavy atom. The van der Waals surface area contributed by atoms with Crippen LogP contribution in [0, 0.1) is 6.92 Å². The van der Waals surface area contributed by atoms with Crippen LogP contribution in [0.25, 0.3) is 10.9 Å². The summed E-state index contributed by atoms with van der Waals surface area (Å²) >= 11 is 0. The Morgan fingerprint density at radius 3 is 2.78 bits per heavy atom. The van der Waals surface area contributed by atoms with Crippen molar-refractivity contribution in [2.75, 3.05) is 5.48 Å². The molecule has 118 valence electrons. The molecule has 0 amide bonds. The number of fused-ring (bicyclic) bond motifs is 1. The van der Waals surface area contributed by atoms with Gasteiger partial charge in [0.15, 0.2) is 0 Å². The Hall–Kier alpha value is -2.75. The quantitative estimate of drug-likeness (QED) is 0.665. The lowest BCUT2D eigenvalue weighted by atomic mass is 10.1. The number of aromatic amines is 1. The second kappa shape index (κ2) is 7.01. The number of nitrogens with one attached hydrogen (secondary N) is 2. The van der Waals surface area contributed by atoms with Crippen LogP contribution in [0.4, 0.5) is 5.69 Å². The molecular formula is C19H20N2O2. The van der Waals surface area contributed by atoms with E-state index in [0.717, 1.165) is 29.6 Å². The van der Waals surface area contributed by atoms with Gasteiger partial charge < -0.3 is 9.82 Å². The summed E-state index contributed by atoms with van der Waals surface area (Å²) in [5, 5.41) is 1.22. The van der Waals surface area contributed by atoms with Crippen molar-refractivity contribution < 1.29 is 9.63 Å². The van der Waals surface area contributed by atoms with Crippen molar-refractivity contribution in [2.24, 2.45) is 0 Å². The molecule has 3 aromatic rings. The summed E-state index contributed by atoms with van der Waals surface area (Å²) in [6.07, 6.45) is 4.01. The van der Waals surface area contributed by atoms with Crippen molar-refractivity contribution >= 4 is 22.6 Å². The molecule has 0 saturated carbocycles. The predicted molar refractivity (Wildman–Crippen MR) is 92.1 cm³/mol. The van der Waals surface area contributed by atoms with Gasteiger partial charge in [0.1, 0.15) is 0 Å². The zero-order chi connectivity index (χ0) is 16.1. The zero-order valence-electron chi connectivity index (χ0n) is 13.1. The maximum Gasteiger partial charge on any atom is 0.332 e. The summed E-state index contributed by atoms with van der Waals surface area (Å²) in [5.41, 5.74) is 6.96. The van der Waals surface area contributed by atoms with Crippen LogP contribution in [-0.4, -0.2) is 11.0 Å². The minimum Gasteiger partial charge on any atom is -0.361 e. The van der Waals surface area contributed by atoms with Gasteiger partial charge in [-0.3, -0.25) is 0 Å². The number of hydrogen-bond donors (Lipinski definition) is 2. The number of rotatable bonds is 6. The fourth-order valence-electron chi connectivity index (χ4n) is 2.61. The fraction of sp³-hybridized carbons (Fsp3) is 0.211. The highest BCUT2D eigenvalue weighted by Gasteiger charge is 2.07. The lowest BCUT2D eigenvalue weighted by molar-refractivity contribution is -0.140. The Morgan fingerprint density at radius 1 is 1.13 bits per heavy atom. The molecule has 0 radical (unpaired) electrons. The third kappa shape index (κ3) is 3.72. The van der Waals surface area contributed by atoms with E-state index in [9.17, 15) is 4.79 Å². The third-order valence-electron chi connectivity index (χ3n) is 3.92. The first-order valence-corrected chi connectivity index (χ1v) is 7.80. The van der Waals surface area contributed by atoms with Crippen molar-refractivity contribution in [2.45, 2.75) is 26.2 Å². The topological polar surface area (TPSA) is 54.1 Å². The molecule has 4 heteroatoms. The molecule has 0 atom stereocenters. The molecule has 0 unspecified atom stereocenters. The number of hydrogen-bond acceptors (Lipinski definition) is 3. The fourth-order valence-corrected chi connectivity index (χ4v) is 2.61. The van der Waals surface area contributed by atoms with Crippen LogP contribution in [0.15, 0.2) is 54.7 Å². The van der Waals surface area contributed by atoms with Crippen LogP contribution >= 0.6 is 0 Å². The van der Waals surface area contributed by atoms with Crippen molar-refractivity contribution in [3.63, 3.8) is 0 Å². The molecule has 2 N–H and O–H groups in total. The molecule has 23 heavy (non-hydrogen) atoms. The molecule has 1 heterocycles. The van der Waals surface area contributed by atoms with Crippen LogP contribution in [0.3, 0.4) is 0 Å². The van der Waals surface area contributed by atoms with Crippen molar-refractivity contribution in [3.05, 3.63) is 65.9 Å². The highest BCUT2D eigenvalue weighted by atomic mass is 16.7. The number of anilines is 1. The van der Waals surface area contributed by atoms with Crippen molar-refractivity contribution in [3.8, 4) is 0 Å². The molecule has 0 aliphatic rings. The largest absolute Gasteiger partial charge is 0.361 e. The molecule has 0 spiro atoms. The second-order valence-electron chi connectivity index (χ2n) is 5.60. The van der Waals surface area contributed by atoms with E-state index in [4.69, 9.17) is 4.84 Å². The maximum atomic E-state index is 11.8. The summed E-state index contributed by atoms with van der Waals surface area (Å²) < 4.78 is 0. The molecule has 1 aromatic heterocycles. The van der Waals surface area contributed by atoms with Gasteiger partial charge in [-0.25, -0.2) is 10.3 Å². The summed E-state index contributed by atoms with van der Waals surface area (Å²) in [6, 6.07) is 15.9. The molecule has 0 aliphatic heterocycles. The molecule has 3 rings (SSSR count). The van der Waals surface area contributed by atoms with Gasteiger partial charge in [0, 0.05) is 23.5 Å². The van der Waals surface area contributed by atoms with E-state index in [0.29, 0.717) is 6.42 Å². The first-order valence-electron chi connectivity index (χ1n) is 7.80. The number of benzene rings is 2. The SMILES string of the molecule is Cc1ccccc1NOC(=O)CCCc1c[nH]c2ccccc12. The van der Waals surface area contributed by atoms with E-state index >= 15 is 0 Å². The van der Waals surface area contributed by atoms with Crippen molar-refractivity contribution in [1.82, 2.24) is 4.98 Å². The Balaban J connectivity index is 1.47. The van der Waals surface area contributed by atoms with E-state index in [1.54, 1.807) is 0 Å². The number of carbonyl (C=O) groups excluding carboxylic acids is 1. The molecular weight excluding hydrogens is 288 g/mol. The summed E-state index contributed by atoms with van der Waals surface area (Å²) in [7, 11) is 0. The lowest BCUT2D eigenvalue weighted by Gasteiger charge is -2.08. The lowest BCUT2D eigenvalue weighted by Crippen LogP contribution is -2.11. The highest BCUT2D eigenvalue weighted by molar-refractivity contribution is 5.83. The Kier molecular flexibility index (Phi) is 4.62. The van der Waals surface area contributed by atoms with Crippen LogP contribution in [0.2, 0.25) is 0 Å². The van der Waals surface area contributed by atoms with Crippen LogP contribution < -0.4 is 5.48 Å². The van der Waals surface area contributed by atoms with Gasteiger partial charge in [-0.05, 0) is 43.0 Å². The van der Waals surface area contributed by atoms with Crippen LogP contribution in [0.1, 0.15) is 24.0 Å². The van der Waals surface area contributed by atoms with Gasteiger partial charge in [-0.1, -0.05) is 36.4 Å². The van der Waals surface area contributed by atoms with E-state index < -0.39 is 0 Å². The summed E-state index contributed by atoms with van der Waals surface area (Å²) in [5.74, 6) is -0.243. The zero-order valence-corrected chi connectivity index (χ0v) is 13.1. The van der Waals surface area contributed by atoms with Crippen molar-refractivity contribution in [1.29, 1.82) is 0 Å². The minimum atomic E-state index is -0.243. The molecule has 4 nitrogen and oxygen atoms in total. The Labute approximate surface area is 135 Å². The van der Waals surface area contributed by atoms with E-state index in [1.807, 2.05) is 49.5 Å². The molecule has 0 aliphatic carbocycles. The average Bonchev–Trinajstić information content (AvgIpc) is 2.98. The van der Waals surface area contributed by atoms with E-state index in [2.05, 4.69) is 22.6 Å². The van der Waals surface area contributed by atoms with Gasteiger partial charge in [0.25, 0.3) is 0 Å².